The van der Waals surface area contributed by atoms with Crippen LogP contribution in [0.4, 0.5) is 5.69 Å². The smallest absolute Gasteiger partial charge is 0.241 e. The Morgan fingerprint density at radius 2 is 2.14 bits per heavy atom. The van der Waals surface area contributed by atoms with Crippen molar-refractivity contribution in [2.45, 2.75) is 33.2 Å². The third-order valence-electron chi connectivity index (χ3n) is 4.41. The molecule has 0 bridgehead atoms. The Morgan fingerprint density at radius 3 is 2.71 bits per heavy atom. The van der Waals surface area contributed by atoms with Gasteiger partial charge >= 0.3 is 0 Å². The van der Waals surface area contributed by atoms with Gasteiger partial charge in [0, 0.05) is 12.2 Å². The maximum Gasteiger partial charge on any atom is 0.241 e. The van der Waals surface area contributed by atoms with Crippen LogP contribution in [0.1, 0.15) is 25.8 Å². The first-order chi connectivity index (χ1) is 9.45. The zero-order valence-electron chi connectivity index (χ0n) is 13.1. The molecule has 0 saturated carbocycles. The molecule has 4 nitrogen and oxygen atoms in total. The minimum absolute atomic E-state index is 0. The number of nitrogens with two attached hydrogens (primary N) is 1. The number of nitrogens with zero attached hydrogens (tertiary/aromatic N) is 1. The summed E-state index contributed by atoms with van der Waals surface area (Å²) in [6.45, 7) is 8.67. The van der Waals surface area contributed by atoms with E-state index < -0.39 is 0 Å². The van der Waals surface area contributed by atoms with Crippen molar-refractivity contribution in [2.75, 3.05) is 25.0 Å². The van der Waals surface area contributed by atoms with E-state index in [1.807, 2.05) is 38.1 Å². The lowest BCUT2D eigenvalue weighted by molar-refractivity contribution is -0.120. The van der Waals surface area contributed by atoms with E-state index in [1.165, 1.54) is 0 Å². The van der Waals surface area contributed by atoms with Crippen molar-refractivity contribution in [1.29, 1.82) is 0 Å². The van der Waals surface area contributed by atoms with Crippen molar-refractivity contribution in [3.8, 4) is 0 Å². The van der Waals surface area contributed by atoms with Gasteiger partial charge in [-0.15, -0.1) is 12.4 Å². The number of carbonyl (C=O) groups is 1. The van der Waals surface area contributed by atoms with Gasteiger partial charge in [-0.05, 0) is 50.4 Å². The molecule has 0 aromatic heterocycles. The molecule has 2 unspecified atom stereocenters. The Bertz CT molecular complexity index is 494. The van der Waals surface area contributed by atoms with Crippen LogP contribution in [0.15, 0.2) is 24.3 Å². The number of carbonyl (C=O) groups excluding carboxylic acids is 1. The van der Waals surface area contributed by atoms with Gasteiger partial charge in [0.1, 0.15) is 0 Å². The van der Waals surface area contributed by atoms with Crippen molar-refractivity contribution < 1.29 is 4.79 Å². The van der Waals surface area contributed by atoms with E-state index in [4.69, 9.17) is 5.73 Å². The van der Waals surface area contributed by atoms with Crippen LogP contribution >= 0.6 is 12.4 Å². The molecule has 1 aromatic rings. The maximum atomic E-state index is 12.4. The summed E-state index contributed by atoms with van der Waals surface area (Å²) in [5, 5.41) is 3.02. The summed E-state index contributed by atoms with van der Waals surface area (Å²) < 4.78 is 0. The van der Waals surface area contributed by atoms with E-state index in [0.717, 1.165) is 30.8 Å². The average molecular weight is 312 g/mol. The number of halogens is 1. The Labute approximate surface area is 133 Å². The van der Waals surface area contributed by atoms with Gasteiger partial charge in [0.25, 0.3) is 0 Å². The molecule has 21 heavy (non-hydrogen) atoms. The zero-order valence-corrected chi connectivity index (χ0v) is 13.9. The molecule has 1 aliphatic heterocycles. The topological polar surface area (TPSA) is 58.4 Å². The molecule has 1 saturated heterocycles. The number of para-hydroxylation sites is 1. The number of aryl methyl sites for hydroxylation is 1. The summed E-state index contributed by atoms with van der Waals surface area (Å²) >= 11 is 0. The van der Waals surface area contributed by atoms with Crippen LogP contribution in [0.25, 0.3) is 0 Å². The van der Waals surface area contributed by atoms with Crippen LogP contribution in [-0.2, 0) is 4.79 Å². The SMILES string of the molecule is Cc1ccccc1NC(=O)C(C)N1CCC(C)(CN)C1.Cl. The van der Waals surface area contributed by atoms with Crippen LogP contribution in [-0.4, -0.2) is 36.5 Å². The molecule has 2 rings (SSSR count). The number of anilines is 1. The predicted octanol–water partition coefficient (Wildman–Crippen LogP) is 2.41. The average Bonchev–Trinajstić information content (AvgIpc) is 2.84. The monoisotopic (exact) mass is 311 g/mol. The molecule has 1 fully saturated rings. The molecular weight excluding hydrogens is 286 g/mol. The predicted molar refractivity (Wildman–Crippen MR) is 89.9 cm³/mol. The molecule has 0 radical (unpaired) electrons. The largest absolute Gasteiger partial charge is 0.330 e. The molecule has 118 valence electrons. The number of amides is 1. The molecule has 2 atom stereocenters. The second-order valence-corrected chi connectivity index (χ2v) is 6.22. The summed E-state index contributed by atoms with van der Waals surface area (Å²) in [6, 6.07) is 7.73. The number of rotatable bonds is 4. The van der Waals surface area contributed by atoms with E-state index in [-0.39, 0.29) is 29.8 Å². The molecule has 1 amide bonds. The van der Waals surface area contributed by atoms with Crippen molar-refractivity contribution in [2.24, 2.45) is 11.1 Å². The van der Waals surface area contributed by atoms with Crippen molar-refractivity contribution in [3.05, 3.63) is 29.8 Å². The zero-order chi connectivity index (χ0) is 14.8. The number of likely N-dealkylation sites (tertiary alicyclic amines) is 1. The number of benzene rings is 1. The van der Waals surface area contributed by atoms with E-state index in [9.17, 15) is 4.79 Å². The summed E-state index contributed by atoms with van der Waals surface area (Å²) in [4.78, 5) is 14.6. The van der Waals surface area contributed by atoms with Gasteiger partial charge in [-0.2, -0.15) is 0 Å². The fraction of sp³-hybridized carbons (Fsp3) is 0.562. The maximum absolute atomic E-state index is 12.4. The van der Waals surface area contributed by atoms with E-state index >= 15 is 0 Å². The highest BCUT2D eigenvalue weighted by Gasteiger charge is 2.36. The van der Waals surface area contributed by atoms with Gasteiger partial charge in [-0.1, -0.05) is 25.1 Å². The highest BCUT2D eigenvalue weighted by molar-refractivity contribution is 5.95. The minimum Gasteiger partial charge on any atom is -0.330 e. The van der Waals surface area contributed by atoms with Crippen molar-refractivity contribution in [1.82, 2.24) is 4.90 Å². The molecule has 0 spiro atoms. The highest BCUT2D eigenvalue weighted by atomic mass is 35.5. The van der Waals surface area contributed by atoms with E-state index in [0.29, 0.717) is 6.54 Å². The van der Waals surface area contributed by atoms with Gasteiger partial charge in [-0.25, -0.2) is 0 Å². The fourth-order valence-corrected chi connectivity index (χ4v) is 2.68. The van der Waals surface area contributed by atoms with Crippen LogP contribution in [0.5, 0.6) is 0 Å². The Kier molecular flexibility index (Phi) is 6.20. The molecular formula is C16H26ClN3O. The molecule has 0 aliphatic carbocycles. The second kappa shape index (κ2) is 7.25. The highest BCUT2D eigenvalue weighted by Crippen LogP contribution is 2.30. The van der Waals surface area contributed by atoms with Gasteiger partial charge < -0.3 is 11.1 Å². The Hall–Kier alpha value is -1.10. The third kappa shape index (κ3) is 4.19. The fourth-order valence-electron chi connectivity index (χ4n) is 2.68. The molecule has 3 N–H and O–H groups in total. The van der Waals surface area contributed by atoms with E-state index in [1.54, 1.807) is 0 Å². The standard InChI is InChI=1S/C16H25N3O.ClH/c1-12-6-4-5-7-14(12)18-15(20)13(2)19-9-8-16(3,10-17)11-19;/h4-7,13H,8-11,17H2,1-3H3,(H,18,20);1H. The lowest BCUT2D eigenvalue weighted by Crippen LogP contribution is -2.42. The lowest BCUT2D eigenvalue weighted by atomic mass is 9.90. The first-order valence-corrected chi connectivity index (χ1v) is 7.26. The summed E-state index contributed by atoms with van der Waals surface area (Å²) in [7, 11) is 0. The Morgan fingerprint density at radius 1 is 1.48 bits per heavy atom. The van der Waals surface area contributed by atoms with Gasteiger partial charge in [0.2, 0.25) is 5.91 Å². The summed E-state index contributed by atoms with van der Waals surface area (Å²) in [5.41, 5.74) is 7.95. The molecule has 1 heterocycles. The van der Waals surface area contributed by atoms with Crippen LogP contribution in [0.3, 0.4) is 0 Å². The molecule has 1 aromatic carbocycles. The van der Waals surface area contributed by atoms with Crippen LogP contribution < -0.4 is 11.1 Å². The second-order valence-electron chi connectivity index (χ2n) is 6.22. The third-order valence-corrected chi connectivity index (χ3v) is 4.41. The van der Waals surface area contributed by atoms with Crippen LogP contribution in [0.2, 0.25) is 0 Å². The number of hydrogen-bond acceptors (Lipinski definition) is 3. The van der Waals surface area contributed by atoms with Crippen LogP contribution in [0, 0.1) is 12.3 Å². The lowest BCUT2D eigenvalue weighted by Gasteiger charge is -2.26. The summed E-state index contributed by atoms with van der Waals surface area (Å²) in [6.07, 6.45) is 1.06. The van der Waals surface area contributed by atoms with Gasteiger partial charge in [-0.3, -0.25) is 9.69 Å². The van der Waals surface area contributed by atoms with Crippen molar-refractivity contribution >= 4 is 24.0 Å². The first-order valence-electron chi connectivity index (χ1n) is 7.26. The Balaban J connectivity index is 0.00000220. The first kappa shape index (κ1) is 18.0. The van der Waals surface area contributed by atoms with Gasteiger partial charge in [0.15, 0.2) is 0 Å². The normalized spacial score (nSPS) is 23.4. The minimum atomic E-state index is -0.122. The molecule has 1 aliphatic rings. The summed E-state index contributed by atoms with van der Waals surface area (Å²) in [5.74, 6) is 0.0561. The number of nitrogens with one attached hydrogen (secondary N) is 1. The van der Waals surface area contributed by atoms with Gasteiger partial charge in [0.05, 0.1) is 6.04 Å². The van der Waals surface area contributed by atoms with Crippen molar-refractivity contribution in [3.63, 3.8) is 0 Å². The van der Waals surface area contributed by atoms with E-state index in [2.05, 4.69) is 17.1 Å². The number of hydrogen-bond donors (Lipinski definition) is 2. The molecule has 5 heteroatoms. The quantitative estimate of drug-likeness (QED) is 0.898.